The van der Waals surface area contributed by atoms with Crippen molar-refractivity contribution in [3.8, 4) is 0 Å². The van der Waals surface area contributed by atoms with Crippen LogP contribution in [-0.2, 0) is 9.84 Å². The number of likely N-dealkylation sites (tertiary alicyclic amines) is 1. The summed E-state index contributed by atoms with van der Waals surface area (Å²) in [5.41, 5.74) is 1.13. The third kappa shape index (κ3) is 5.03. The van der Waals surface area contributed by atoms with Crippen molar-refractivity contribution in [1.29, 1.82) is 0 Å². The van der Waals surface area contributed by atoms with Gasteiger partial charge < -0.3 is 5.11 Å². The fraction of sp³-hybridized carbons (Fsp3) is 0.667. The van der Waals surface area contributed by atoms with Crippen LogP contribution >= 0.6 is 0 Å². The van der Waals surface area contributed by atoms with Gasteiger partial charge in [0, 0.05) is 19.3 Å². The second-order valence-corrected chi connectivity index (χ2v) is 9.27. The highest BCUT2D eigenvalue weighted by molar-refractivity contribution is 7.90. The molecule has 1 fully saturated rings. The Hall–Kier alpha value is -0.910. The van der Waals surface area contributed by atoms with Crippen LogP contribution in [0.15, 0.2) is 29.2 Å². The molecule has 1 aromatic rings. The number of aliphatic hydroxyl groups excluding tert-OH is 1. The molecule has 0 amide bonds. The third-order valence-corrected chi connectivity index (χ3v) is 5.97. The molecule has 1 aliphatic rings. The average Bonchev–Trinajstić information content (AvgIpc) is 2.46. The summed E-state index contributed by atoms with van der Waals surface area (Å²) in [7, 11) is -3.19. The molecular weight excluding hydrogens is 310 g/mol. The Morgan fingerprint density at radius 2 is 1.96 bits per heavy atom. The highest BCUT2D eigenvalue weighted by Gasteiger charge is 2.30. The van der Waals surface area contributed by atoms with Gasteiger partial charge in [0.1, 0.15) is 0 Å². The van der Waals surface area contributed by atoms with Crippen molar-refractivity contribution in [2.75, 3.05) is 25.9 Å². The number of rotatable bonds is 6. The van der Waals surface area contributed by atoms with Gasteiger partial charge in [0.2, 0.25) is 0 Å². The Morgan fingerprint density at radius 3 is 2.52 bits per heavy atom. The van der Waals surface area contributed by atoms with Crippen LogP contribution in [0.3, 0.4) is 0 Å². The minimum atomic E-state index is -3.19. The van der Waals surface area contributed by atoms with E-state index in [-0.39, 0.29) is 0 Å². The van der Waals surface area contributed by atoms with Crippen LogP contribution < -0.4 is 0 Å². The average molecular weight is 340 g/mol. The van der Waals surface area contributed by atoms with Crippen LogP contribution in [0.5, 0.6) is 0 Å². The smallest absolute Gasteiger partial charge is 0.175 e. The van der Waals surface area contributed by atoms with Gasteiger partial charge in [-0.1, -0.05) is 32.4 Å². The van der Waals surface area contributed by atoms with Crippen molar-refractivity contribution in [1.82, 2.24) is 4.90 Å². The first-order chi connectivity index (χ1) is 10.7. The molecule has 1 aliphatic heterocycles. The van der Waals surface area contributed by atoms with E-state index in [0.29, 0.717) is 16.9 Å². The standard InChI is InChI=1S/C18H29NO3S/c1-4-10-18(2)11-5-12-19(14-18)13-17(20)15-6-8-16(9-7-15)23(3,21)22/h6-9,17,20H,4-5,10-14H2,1-3H3. The second-order valence-electron chi connectivity index (χ2n) is 7.26. The van der Waals surface area contributed by atoms with E-state index in [0.717, 1.165) is 18.7 Å². The second kappa shape index (κ2) is 7.32. The lowest BCUT2D eigenvalue weighted by molar-refractivity contribution is 0.0480. The number of aliphatic hydroxyl groups is 1. The summed E-state index contributed by atoms with van der Waals surface area (Å²) in [6, 6.07) is 6.59. The topological polar surface area (TPSA) is 57.6 Å². The van der Waals surface area contributed by atoms with Crippen LogP contribution in [0, 0.1) is 5.41 Å². The molecule has 1 heterocycles. The van der Waals surface area contributed by atoms with Crippen molar-refractivity contribution < 1.29 is 13.5 Å². The molecule has 1 N–H and O–H groups in total. The predicted octanol–water partition coefficient (Wildman–Crippen LogP) is 3.03. The molecule has 0 bridgehead atoms. The Kier molecular flexibility index (Phi) is 5.87. The van der Waals surface area contributed by atoms with Crippen molar-refractivity contribution in [2.45, 2.75) is 50.5 Å². The lowest BCUT2D eigenvalue weighted by Crippen LogP contribution is -2.43. The van der Waals surface area contributed by atoms with Crippen LogP contribution in [0.25, 0.3) is 0 Å². The summed E-state index contributed by atoms with van der Waals surface area (Å²) in [6.07, 6.45) is 5.48. The van der Waals surface area contributed by atoms with E-state index in [1.807, 2.05) is 0 Å². The van der Waals surface area contributed by atoms with Crippen molar-refractivity contribution in [2.24, 2.45) is 5.41 Å². The summed E-state index contributed by atoms with van der Waals surface area (Å²) >= 11 is 0. The zero-order valence-corrected chi connectivity index (χ0v) is 15.3. The number of benzene rings is 1. The van der Waals surface area contributed by atoms with Crippen LogP contribution in [0.2, 0.25) is 0 Å². The van der Waals surface area contributed by atoms with Gasteiger partial charge in [0.15, 0.2) is 9.84 Å². The molecule has 2 rings (SSSR count). The SMILES string of the molecule is CCCC1(C)CCCN(CC(O)c2ccc(S(C)(=O)=O)cc2)C1. The molecule has 130 valence electrons. The molecule has 1 aromatic carbocycles. The summed E-state index contributed by atoms with van der Waals surface area (Å²) in [6.45, 7) is 7.23. The molecule has 1 saturated heterocycles. The number of nitrogens with zero attached hydrogens (tertiary/aromatic N) is 1. The van der Waals surface area contributed by atoms with Gasteiger partial charge >= 0.3 is 0 Å². The fourth-order valence-corrected chi connectivity index (χ4v) is 4.31. The maximum atomic E-state index is 11.5. The monoisotopic (exact) mass is 339 g/mol. The Bertz CT molecular complexity index is 608. The highest BCUT2D eigenvalue weighted by Crippen LogP contribution is 2.34. The van der Waals surface area contributed by atoms with E-state index in [2.05, 4.69) is 18.7 Å². The largest absolute Gasteiger partial charge is 0.387 e. The van der Waals surface area contributed by atoms with Crippen LogP contribution in [0.1, 0.15) is 51.2 Å². The van der Waals surface area contributed by atoms with Crippen molar-refractivity contribution in [3.05, 3.63) is 29.8 Å². The molecule has 2 atom stereocenters. The quantitative estimate of drug-likeness (QED) is 0.865. The minimum absolute atomic E-state index is 0.293. The molecule has 0 spiro atoms. The number of β-amino-alcohol motifs (C(OH)–C–C–N with tert-alkyl or cyclic N) is 1. The first-order valence-electron chi connectivity index (χ1n) is 8.44. The summed E-state index contributed by atoms with van der Waals surface area (Å²) in [5, 5.41) is 10.5. The first kappa shape index (κ1) is 18.4. The molecule has 23 heavy (non-hydrogen) atoms. The molecule has 4 nitrogen and oxygen atoms in total. The first-order valence-corrected chi connectivity index (χ1v) is 10.3. The van der Waals surface area contributed by atoms with Gasteiger partial charge in [-0.15, -0.1) is 0 Å². The van der Waals surface area contributed by atoms with E-state index in [1.165, 1.54) is 31.9 Å². The Labute approximate surface area is 140 Å². The fourth-order valence-electron chi connectivity index (χ4n) is 3.68. The zero-order chi connectivity index (χ0) is 17.1. The number of sulfone groups is 1. The molecule has 5 heteroatoms. The van der Waals surface area contributed by atoms with Gasteiger partial charge in [-0.2, -0.15) is 0 Å². The summed E-state index contributed by atoms with van der Waals surface area (Å²) in [5.74, 6) is 0. The van der Waals surface area contributed by atoms with Crippen LogP contribution in [-0.4, -0.2) is 44.3 Å². The third-order valence-electron chi connectivity index (χ3n) is 4.84. The number of hydrogen-bond acceptors (Lipinski definition) is 4. The van der Waals surface area contributed by atoms with E-state index in [4.69, 9.17) is 0 Å². The van der Waals surface area contributed by atoms with E-state index < -0.39 is 15.9 Å². The molecule has 2 unspecified atom stereocenters. The number of piperidine rings is 1. The molecule has 0 radical (unpaired) electrons. The summed E-state index contributed by atoms with van der Waals surface area (Å²) < 4.78 is 23.0. The van der Waals surface area contributed by atoms with Crippen LogP contribution in [0.4, 0.5) is 0 Å². The van der Waals surface area contributed by atoms with Gasteiger partial charge in [0.05, 0.1) is 11.0 Å². The lowest BCUT2D eigenvalue weighted by Gasteiger charge is -2.41. The predicted molar refractivity (Wildman–Crippen MR) is 93.2 cm³/mol. The van der Waals surface area contributed by atoms with Gasteiger partial charge in [0.25, 0.3) is 0 Å². The van der Waals surface area contributed by atoms with Crippen molar-refractivity contribution >= 4 is 9.84 Å². The molecule has 0 aromatic heterocycles. The maximum absolute atomic E-state index is 11.5. The van der Waals surface area contributed by atoms with E-state index in [9.17, 15) is 13.5 Å². The maximum Gasteiger partial charge on any atom is 0.175 e. The Morgan fingerprint density at radius 1 is 1.30 bits per heavy atom. The molecule has 0 aliphatic carbocycles. The molecular formula is C18H29NO3S. The Balaban J connectivity index is 2.00. The van der Waals surface area contributed by atoms with Crippen molar-refractivity contribution in [3.63, 3.8) is 0 Å². The zero-order valence-electron chi connectivity index (χ0n) is 14.5. The van der Waals surface area contributed by atoms with Gasteiger partial charge in [-0.05, 0) is 48.9 Å². The van der Waals surface area contributed by atoms with E-state index in [1.54, 1.807) is 24.3 Å². The lowest BCUT2D eigenvalue weighted by atomic mass is 9.78. The highest BCUT2D eigenvalue weighted by atomic mass is 32.2. The van der Waals surface area contributed by atoms with E-state index >= 15 is 0 Å². The minimum Gasteiger partial charge on any atom is -0.387 e. The summed E-state index contributed by atoms with van der Waals surface area (Å²) in [4.78, 5) is 2.64. The number of hydrogen-bond donors (Lipinski definition) is 1. The van der Waals surface area contributed by atoms with Gasteiger partial charge in [-0.3, -0.25) is 4.90 Å². The molecule has 0 saturated carbocycles. The van der Waals surface area contributed by atoms with Gasteiger partial charge in [-0.25, -0.2) is 8.42 Å². The normalized spacial score (nSPS) is 24.5.